The lowest BCUT2D eigenvalue weighted by molar-refractivity contribution is 0.0526. The van der Waals surface area contributed by atoms with Crippen molar-refractivity contribution in [3.63, 3.8) is 0 Å². The summed E-state index contributed by atoms with van der Waals surface area (Å²) in [5.41, 5.74) is 3.93. The summed E-state index contributed by atoms with van der Waals surface area (Å²) in [7, 11) is 0. The fraction of sp³-hybridized carbons (Fsp3) is 0.346. The van der Waals surface area contributed by atoms with Crippen molar-refractivity contribution in [2.24, 2.45) is 5.92 Å². The van der Waals surface area contributed by atoms with Gasteiger partial charge in [-0.05, 0) is 57.0 Å². The zero-order valence-corrected chi connectivity index (χ0v) is 19.8. The quantitative estimate of drug-likeness (QED) is 0.464. The van der Waals surface area contributed by atoms with E-state index in [1.807, 2.05) is 36.7 Å². The van der Waals surface area contributed by atoms with Crippen molar-refractivity contribution >= 4 is 17.7 Å². The number of aryl methyl sites for hydroxylation is 2. The second-order valence-corrected chi connectivity index (χ2v) is 8.40. The smallest absolute Gasteiger partial charge is 0.338 e. The van der Waals surface area contributed by atoms with Crippen molar-refractivity contribution in [2.75, 3.05) is 18.5 Å². The molecule has 1 amide bonds. The minimum absolute atomic E-state index is 0.299. The number of hydrogen-bond acceptors (Lipinski definition) is 5. The van der Waals surface area contributed by atoms with Gasteiger partial charge in [-0.3, -0.25) is 9.48 Å². The number of amides is 1. The highest BCUT2D eigenvalue weighted by Crippen LogP contribution is 2.23. The summed E-state index contributed by atoms with van der Waals surface area (Å²) in [4.78, 5) is 24.4. The van der Waals surface area contributed by atoms with Gasteiger partial charge in [0.25, 0.3) is 5.91 Å². The molecule has 0 saturated heterocycles. The van der Waals surface area contributed by atoms with Crippen LogP contribution in [0.3, 0.4) is 0 Å². The first-order valence-corrected chi connectivity index (χ1v) is 11.1. The largest absolute Gasteiger partial charge is 0.493 e. The Balaban J connectivity index is 1.71. The molecule has 3 aromatic rings. The van der Waals surface area contributed by atoms with Gasteiger partial charge in [-0.15, -0.1) is 0 Å². The lowest BCUT2D eigenvalue weighted by Gasteiger charge is -2.14. The molecule has 0 aliphatic carbocycles. The Kier molecular flexibility index (Phi) is 7.87. The van der Waals surface area contributed by atoms with E-state index in [0.29, 0.717) is 42.6 Å². The summed E-state index contributed by atoms with van der Waals surface area (Å²) in [6.45, 7) is 11.5. The summed E-state index contributed by atoms with van der Waals surface area (Å²) in [6, 6.07) is 14.3. The van der Waals surface area contributed by atoms with E-state index >= 15 is 0 Å². The van der Waals surface area contributed by atoms with Gasteiger partial charge in [0.2, 0.25) is 0 Å². The predicted molar refractivity (Wildman–Crippen MR) is 128 cm³/mol. The van der Waals surface area contributed by atoms with Crippen molar-refractivity contribution in [1.82, 2.24) is 9.78 Å². The number of esters is 1. The molecule has 0 fully saturated rings. The molecule has 0 aliphatic rings. The Bertz CT molecular complexity index is 1120. The van der Waals surface area contributed by atoms with Crippen LogP contribution in [0.4, 0.5) is 5.82 Å². The molecule has 1 N–H and O–H groups in total. The third kappa shape index (κ3) is 6.44. The third-order valence-corrected chi connectivity index (χ3v) is 4.99. The van der Waals surface area contributed by atoms with Gasteiger partial charge >= 0.3 is 5.97 Å². The van der Waals surface area contributed by atoms with Crippen LogP contribution in [0.25, 0.3) is 0 Å². The van der Waals surface area contributed by atoms with E-state index in [4.69, 9.17) is 9.47 Å². The molecule has 174 valence electrons. The summed E-state index contributed by atoms with van der Waals surface area (Å²) in [5, 5.41) is 7.39. The zero-order valence-electron chi connectivity index (χ0n) is 19.8. The molecule has 0 radical (unpaired) electrons. The summed E-state index contributed by atoms with van der Waals surface area (Å²) >= 11 is 0. The van der Waals surface area contributed by atoms with Gasteiger partial charge in [-0.2, -0.15) is 5.10 Å². The molecule has 7 heteroatoms. The van der Waals surface area contributed by atoms with Crippen LogP contribution in [0.2, 0.25) is 0 Å². The van der Waals surface area contributed by atoms with Crippen molar-refractivity contribution in [2.45, 2.75) is 41.2 Å². The van der Waals surface area contributed by atoms with E-state index in [1.165, 1.54) is 0 Å². The summed E-state index contributed by atoms with van der Waals surface area (Å²) in [5.74, 6) is 1.03. The number of carbonyl (C=O) groups is 2. The molecule has 7 nitrogen and oxygen atoms in total. The molecule has 0 bridgehead atoms. The van der Waals surface area contributed by atoms with Crippen molar-refractivity contribution in [1.29, 1.82) is 0 Å². The maximum absolute atomic E-state index is 12.7. The first kappa shape index (κ1) is 24.0. The normalized spacial score (nSPS) is 10.8. The van der Waals surface area contributed by atoms with E-state index in [0.717, 1.165) is 22.6 Å². The van der Waals surface area contributed by atoms with E-state index < -0.39 is 5.97 Å². The van der Waals surface area contributed by atoms with E-state index in [1.54, 1.807) is 31.2 Å². The van der Waals surface area contributed by atoms with Crippen molar-refractivity contribution in [3.8, 4) is 5.75 Å². The Morgan fingerprint density at radius 3 is 2.39 bits per heavy atom. The van der Waals surface area contributed by atoms with Crippen LogP contribution < -0.4 is 10.1 Å². The lowest BCUT2D eigenvalue weighted by atomic mass is 10.1. The Morgan fingerprint density at radius 1 is 1.03 bits per heavy atom. The number of nitrogens with one attached hydrogen (secondary N) is 1. The second-order valence-electron chi connectivity index (χ2n) is 8.40. The highest BCUT2D eigenvalue weighted by Gasteiger charge is 2.14. The molecule has 2 aromatic carbocycles. The molecule has 1 heterocycles. The molecule has 3 rings (SSSR count). The first-order chi connectivity index (χ1) is 15.8. The fourth-order valence-electron chi connectivity index (χ4n) is 3.28. The van der Waals surface area contributed by atoms with E-state index in [2.05, 4.69) is 30.3 Å². The van der Waals surface area contributed by atoms with E-state index in [-0.39, 0.29) is 5.91 Å². The molecule has 33 heavy (non-hydrogen) atoms. The number of benzene rings is 2. The number of rotatable bonds is 9. The van der Waals surface area contributed by atoms with Gasteiger partial charge in [-0.1, -0.05) is 31.5 Å². The van der Waals surface area contributed by atoms with Crippen LogP contribution in [0.5, 0.6) is 5.75 Å². The van der Waals surface area contributed by atoms with Crippen LogP contribution in [0, 0.1) is 19.8 Å². The molecule has 0 atom stereocenters. The van der Waals surface area contributed by atoms with Gasteiger partial charge < -0.3 is 14.8 Å². The molecule has 0 spiro atoms. The van der Waals surface area contributed by atoms with Gasteiger partial charge in [0, 0.05) is 22.9 Å². The van der Waals surface area contributed by atoms with Crippen LogP contribution in [0.1, 0.15) is 58.3 Å². The summed E-state index contributed by atoms with van der Waals surface area (Å²) < 4.78 is 12.8. The lowest BCUT2D eigenvalue weighted by Crippen LogP contribution is -2.14. The molecule has 0 unspecified atom stereocenters. The average Bonchev–Trinajstić information content (AvgIpc) is 3.11. The van der Waals surface area contributed by atoms with E-state index in [9.17, 15) is 9.59 Å². The number of hydrogen-bond donors (Lipinski definition) is 1. The Morgan fingerprint density at radius 2 is 1.73 bits per heavy atom. The van der Waals surface area contributed by atoms with Gasteiger partial charge in [-0.25, -0.2) is 4.79 Å². The SMILES string of the molecule is CCOC(=O)c1ccc(C(=O)Nc2cc(C)n(Cc3cc(C)ccc3OCC(C)C)n2)cc1. The molecule has 1 aromatic heterocycles. The molecule has 0 aliphatic heterocycles. The van der Waals surface area contributed by atoms with Crippen molar-refractivity contribution in [3.05, 3.63) is 76.5 Å². The fourth-order valence-corrected chi connectivity index (χ4v) is 3.28. The standard InChI is InChI=1S/C26H31N3O4/c1-6-32-26(31)21-10-8-20(9-11-21)25(30)27-24-14-19(5)29(28-24)15-22-13-18(4)7-12-23(22)33-16-17(2)3/h7-14,17H,6,15-16H2,1-5H3,(H,27,28,30). The third-order valence-electron chi connectivity index (χ3n) is 4.99. The van der Waals surface area contributed by atoms with Crippen LogP contribution in [0.15, 0.2) is 48.5 Å². The van der Waals surface area contributed by atoms with Crippen LogP contribution in [-0.2, 0) is 11.3 Å². The maximum atomic E-state index is 12.7. The Hall–Kier alpha value is -3.61. The first-order valence-electron chi connectivity index (χ1n) is 11.1. The monoisotopic (exact) mass is 449 g/mol. The predicted octanol–water partition coefficient (Wildman–Crippen LogP) is 5.01. The second kappa shape index (κ2) is 10.8. The topological polar surface area (TPSA) is 82.5 Å². The number of anilines is 1. The minimum Gasteiger partial charge on any atom is -0.493 e. The maximum Gasteiger partial charge on any atom is 0.338 e. The number of aromatic nitrogens is 2. The number of carbonyl (C=O) groups excluding carboxylic acids is 2. The molecule has 0 saturated carbocycles. The average molecular weight is 450 g/mol. The van der Waals surface area contributed by atoms with Crippen molar-refractivity contribution < 1.29 is 19.1 Å². The van der Waals surface area contributed by atoms with Crippen LogP contribution >= 0.6 is 0 Å². The highest BCUT2D eigenvalue weighted by atomic mass is 16.5. The summed E-state index contributed by atoms with van der Waals surface area (Å²) in [6.07, 6.45) is 0. The number of nitrogens with zero attached hydrogens (tertiary/aromatic N) is 2. The molecular weight excluding hydrogens is 418 g/mol. The highest BCUT2D eigenvalue weighted by molar-refractivity contribution is 6.04. The minimum atomic E-state index is -0.410. The van der Waals surface area contributed by atoms with Gasteiger partial charge in [0.1, 0.15) is 5.75 Å². The number of ether oxygens (including phenoxy) is 2. The zero-order chi connectivity index (χ0) is 24.0. The molecular formula is C26H31N3O4. The van der Waals surface area contributed by atoms with Crippen LogP contribution in [-0.4, -0.2) is 34.9 Å². The Labute approximate surface area is 194 Å². The van der Waals surface area contributed by atoms with Gasteiger partial charge in [0.15, 0.2) is 5.82 Å². The van der Waals surface area contributed by atoms with Gasteiger partial charge in [0.05, 0.1) is 25.3 Å².